The van der Waals surface area contributed by atoms with E-state index in [-0.39, 0.29) is 18.2 Å². The van der Waals surface area contributed by atoms with Gasteiger partial charge in [-0.3, -0.25) is 14.4 Å². The Morgan fingerprint density at radius 1 is 1.06 bits per heavy atom. The molecule has 1 aliphatic rings. The van der Waals surface area contributed by atoms with Crippen LogP contribution in [-0.2, 0) is 14.3 Å². The summed E-state index contributed by atoms with van der Waals surface area (Å²) in [6.45, 7) is 8.11. The van der Waals surface area contributed by atoms with Crippen molar-refractivity contribution in [2.24, 2.45) is 5.92 Å². The Morgan fingerprint density at radius 2 is 1.77 bits per heavy atom. The van der Waals surface area contributed by atoms with Crippen molar-refractivity contribution in [2.75, 3.05) is 26.3 Å². The zero-order valence-electron chi connectivity index (χ0n) is 21.9. The van der Waals surface area contributed by atoms with Crippen LogP contribution in [0.25, 0.3) is 0 Å². The van der Waals surface area contributed by atoms with Gasteiger partial charge in [-0.15, -0.1) is 0 Å². The molecule has 1 heterocycles. The number of ether oxygens (including phenoxy) is 2. The first-order valence-corrected chi connectivity index (χ1v) is 13.4. The van der Waals surface area contributed by atoms with Crippen molar-refractivity contribution in [3.63, 3.8) is 0 Å². The fraction of sp³-hybridized carbons (Fsp3) is 0.679. The fourth-order valence-electron chi connectivity index (χ4n) is 4.10. The van der Waals surface area contributed by atoms with Gasteiger partial charge in [0.15, 0.2) is 0 Å². The maximum atomic E-state index is 13.2. The molecule has 1 aromatic carbocycles. The van der Waals surface area contributed by atoms with E-state index < -0.39 is 12.0 Å². The number of benzene rings is 1. The number of piperazine rings is 1. The van der Waals surface area contributed by atoms with Crippen LogP contribution in [0.15, 0.2) is 24.3 Å². The van der Waals surface area contributed by atoms with E-state index >= 15 is 0 Å². The van der Waals surface area contributed by atoms with E-state index in [9.17, 15) is 14.4 Å². The maximum absolute atomic E-state index is 13.2. The van der Waals surface area contributed by atoms with E-state index in [0.717, 1.165) is 25.7 Å². The molecule has 1 fully saturated rings. The van der Waals surface area contributed by atoms with Crippen molar-refractivity contribution in [2.45, 2.75) is 91.0 Å². The van der Waals surface area contributed by atoms with Gasteiger partial charge >= 0.3 is 5.97 Å². The molecule has 1 unspecified atom stereocenters. The summed E-state index contributed by atoms with van der Waals surface area (Å²) in [5, 5.41) is 2.76. The minimum atomic E-state index is -0.868. The van der Waals surface area contributed by atoms with Gasteiger partial charge in [0.1, 0.15) is 11.8 Å². The molecule has 196 valence electrons. The SMILES string of the molecule is CCCCCCCCCCOC(=O)CC1C(=O)NCCN1C(=O)c1cccc(OCCC(C)C)c1. The van der Waals surface area contributed by atoms with Crippen molar-refractivity contribution in [3.05, 3.63) is 29.8 Å². The normalized spacial score (nSPS) is 15.7. The minimum Gasteiger partial charge on any atom is -0.494 e. The van der Waals surface area contributed by atoms with E-state index in [4.69, 9.17) is 9.47 Å². The van der Waals surface area contributed by atoms with Gasteiger partial charge in [0.25, 0.3) is 5.91 Å². The third kappa shape index (κ3) is 10.7. The van der Waals surface area contributed by atoms with E-state index in [1.54, 1.807) is 18.2 Å². The fourth-order valence-corrected chi connectivity index (χ4v) is 4.10. The number of carbonyl (C=O) groups is 3. The van der Waals surface area contributed by atoms with Crippen LogP contribution in [0, 0.1) is 5.92 Å². The average molecular weight is 489 g/mol. The Hall–Kier alpha value is -2.57. The number of rotatable bonds is 16. The predicted octanol–water partition coefficient (Wildman–Crippen LogP) is 5.13. The summed E-state index contributed by atoms with van der Waals surface area (Å²) < 4.78 is 11.2. The Labute approximate surface area is 210 Å². The Bertz CT molecular complexity index is 795. The van der Waals surface area contributed by atoms with Crippen molar-refractivity contribution < 1.29 is 23.9 Å². The van der Waals surface area contributed by atoms with Crippen LogP contribution >= 0.6 is 0 Å². The lowest BCUT2D eigenvalue weighted by atomic mass is 10.1. The molecule has 7 heteroatoms. The number of carbonyl (C=O) groups excluding carboxylic acids is 3. The molecule has 0 aliphatic carbocycles. The monoisotopic (exact) mass is 488 g/mol. The molecule has 0 saturated carbocycles. The quantitative estimate of drug-likeness (QED) is 0.258. The molecular formula is C28H44N2O5. The van der Waals surface area contributed by atoms with E-state index in [1.165, 1.54) is 37.0 Å². The Balaban J connectivity index is 1.83. The van der Waals surface area contributed by atoms with Crippen molar-refractivity contribution in [3.8, 4) is 5.75 Å². The van der Waals surface area contributed by atoms with Crippen LogP contribution in [0.5, 0.6) is 5.75 Å². The third-order valence-corrected chi connectivity index (χ3v) is 6.26. The molecule has 0 aromatic heterocycles. The number of nitrogens with one attached hydrogen (secondary N) is 1. The lowest BCUT2D eigenvalue weighted by Gasteiger charge is -2.34. The molecule has 0 spiro atoms. The molecule has 35 heavy (non-hydrogen) atoms. The minimum absolute atomic E-state index is 0.140. The molecule has 1 saturated heterocycles. The summed E-state index contributed by atoms with van der Waals surface area (Å²) in [5.41, 5.74) is 0.444. The topological polar surface area (TPSA) is 84.9 Å². The Morgan fingerprint density at radius 3 is 2.49 bits per heavy atom. The highest BCUT2D eigenvalue weighted by atomic mass is 16.5. The van der Waals surface area contributed by atoms with E-state index in [2.05, 4.69) is 26.1 Å². The standard InChI is InChI=1S/C28H44N2O5/c1-4-5-6-7-8-9-10-11-18-35-26(31)21-25-27(32)29-16-17-30(25)28(33)23-13-12-14-24(20-23)34-19-15-22(2)3/h12-14,20,22,25H,4-11,15-19,21H2,1-3H3,(H,29,32). The van der Waals surface area contributed by atoms with Gasteiger partial charge < -0.3 is 19.7 Å². The summed E-state index contributed by atoms with van der Waals surface area (Å²) in [6.07, 6.45) is 10.1. The highest BCUT2D eigenvalue weighted by Crippen LogP contribution is 2.19. The van der Waals surface area contributed by atoms with Gasteiger partial charge in [0.2, 0.25) is 5.91 Å². The number of amides is 2. The second-order valence-electron chi connectivity index (χ2n) is 9.76. The van der Waals surface area contributed by atoms with Crippen LogP contribution in [0.2, 0.25) is 0 Å². The van der Waals surface area contributed by atoms with Gasteiger partial charge in [-0.2, -0.15) is 0 Å². The lowest BCUT2D eigenvalue weighted by molar-refractivity contribution is -0.147. The van der Waals surface area contributed by atoms with Crippen LogP contribution in [0.1, 0.15) is 95.3 Å². The zero-order valence-corrected chi connectivity index (χ0v) is 21.9. The van der Waals surface area contributed by atoms with Gasteiger partial charge in [-0.05, 0) is 37.0 Å². The predicted molar refractivity (Wildman–Crippen MR) is 137 cm³/mol. The largest absolute Gasteiger partial charge is 0.494 e. The lowest BCUT2D eigenvalue weighted by Crippen LogP contribution is -2.57. The number of unbranched alkanes of at least 4 members (excludes halogenated alkanes) is 7. The highest BCUT2D eigenvalue weighted by molar-refractivity contribution is 5.99. The molecule has 7 nitrogen and oxygen atoms in total. The first kappa shape index (κ1) is 28.7. The molecule has 1 atom stereocenters. The molecule has 1 aliphatic heterocycles. The molecule has 2 rings (SSSR count). The Kier molecular flexibility index (Phi) is 13.2. The van der Waals surface area contributed by atoms with Crippen LogP contribution < -0.4 is 10.1 Å². The van der Waals surface area contributed by atoms with Gasteiger partial charge in [0, 0.05) is 18.7 Å². The smallest absolute Gasteiger partial charge is 0.308 e. The molecule has 1 N–H and O–H groups in total. The van der Waals surface area contributed by atoms with Crippen molar-refractivity contribution >= 4 is 17.8 Å². The summed E-state index contributed by atoms with van der Waals surface area (Å²) in [5.74, 6) is 0.105. The number of esters is 1. The van der Waals surface area contributed by atoms with Gasteiger partial charge in [-0.25, -0.2) is 0 Å². The number of hydrogen-bond acceptors (Lipinski definition) is 5. The van der Waals surface area contributed by atoms with Crippen molar-refractivity contribution in [1.82, 2.24) is 10.2 Å². The van der Waals surface area contributed by atoms with E-state index in [1.807, 2.05) is 6.07 Å². The molecule has 0 bridgehead atoms. The summed E-state index contributed by atoms with van der Waals surface area (Å²) in [6, 6.07) is 6.14. The van der Waals surface area contributed by atoms with Gasteiger partial charge in [0.05, 0.1) is 19.6 Å². The summed E-state index contributed by atoms with van der Waals surface area (Å²) in [7, 11) is 0. The summed E-state index contributed by atoms with van der Waals surface area (Å²) >= 11 is 0. The van der Waals surface area contributed by atoms with Gasteiger partial charge in [-0.1, -0.05) is 71.8 Å². The van der Waals surface area contributed by atoms with Crippen LogP contribution in [-0.4, -0.2) is 55.0 Å². The maximum Gasteiger partial charge on any atom is 0.308 e. The number of nitrogens with zero attached hydrogens (tertiary/aromatic N) is 1. The zero-order chi connectivity index (χ0) is 25.5. The molecule has 0 radical (unpaired) electrons. The van der Waals surface area contributed by atoms with E-state index in [0.29, 0.717) is 43.5 Å². The molecule has 2 amide bonds. The van der Waals surface area contributed by atoms with Crippen LogP contribution in [0.3, 0.4) is 0 Å². The van der Waals surface area contributed by atoms with Crippen molar-refractivity contribution in [1.29, 1.82) is 0 Å². The molecule has 1 aromatic rings. The first-order chi connectivity index (χ1) is 16.9. The summed E-state index contributed by atoms with van der Waals surface area (Å²) in [4.78, 5) is 39.7. The van der Waals surface area contributed by atoms with Crippen LogP contribution in [0.4, 0.5) is 0 Å². The highest BCUT2D eigenvalue weighted by Gasteiger charge is 2.35. The average Bonchev–Trinajstić information content (AvgIpc) is 2.84. The number of hydrogen-bond donors (Lipinski definition) is 1. The molecular weight excluding hydrogens is 444 g/mol. The second kappa shape index (κ2) is 16.2. The third-order valence-electron chi connectivity index (χ3n) is 6.26. The second-order valence-corrected chi connectivity index (χ2v) is 9.76. The first-order valence-electron chi connectivity index (χ1n) is 13.4.